The molecule has 1 heterocycles. The molecule has 1 aromatic heterocycles. The third-order valence-electron chi connectivity index (χ3n) is 4.32. The summed E-state index contributed by atoms with van der Waals surface area (Å²) in [6.07, 6.45) is 3.47. The van der Waals surface area contributed by atoms with Crippen LogP contribution in [-0.2, 0) is 0 Å². The molecule has 2 aromatic rings. The molecule has 1 aliphatic carbocycles. The second-order valence-corrected chi connectivity index (χ2v) is 6.59. The number of aromatic nitrogens is 1. The van der Waals surface area contributed by atoms with Crippen molar-refractivity contribution in [3.05, 3.63) is 18.2 Å². The van der Waals surface area contributed by atoms with E-state index in [9.17, 15) is 9.90 Å². The van der Waals surface area contributed by atoms with Crippen LogP contribution >= 0.6 is 0 Å². The number of hydrogen-bond acceptors (Lipinski definition) is 5. The summed E-state index contributed by atoms with van der Waals surface area (Å²) >= 11 is 0. The number of benzene rings is 1. The molecule has 0 saturated heterocycles. The van der Waals surface area contributed by atoms with Gasteiger partial charge in [-0.15, -0.1) is 0 Å². The van der Waals surface area contributed by atoms with Gasteiger partial charge in [0.05, 0.1) is 6.10 Å². The maximum atomic E-state index is 12.0. The zero-order chi connectivity index (χ0) is 17.1. The molecule has 130 valence electrons. The summed E-state index contributed by atoms with van der Waals surface area (Å²) in [6, 6.07) is 5.66. The Morgan fingerprint density at radius 1 is 1.42 bits per heavy atom. The molecule has 0 spiro atoms. The maximum absolute atomic E-state index is 12.0. The van der Waals surface area contributed by atoms with Gasteiger partial charge in [-0.3, -0.25) is 0 Å². The molecular formula is C17H24N4O3. The smallest absolute Gasteiger partial charge is 0.319 e. The summed E-state index contributed by atoms with van der Waals surface area (Å²) in [7, 11) is 3.72. The van der Waals surface area contributed by atoms with Crippen molar-refractivity contribution in [2.45, 2.75) is 31.8 Å². The standard InChI is InChI=1S/C17H24N4O3/c1-21(2)17-20-14-7-6-12(9-15(14)24-17)19-16(23)18-10-11-4-3-5-13(22)8-11/h6-7,9,11,13,22H,3-5,8,10H2,1-2H3,(H2,18,19,23). The van der Waals surface area contributed by atoms with E-state index in [0.29, 0.717) is 29.7 Å². The van der Waals surface area contributed by atoms with E-state index in [4.69, 9.17) is 4.42 Å². The Balaban J connectivity index is 1.56. The molecule has 2 amide bonds. The monoisotopic (exact) mass is 332 g/mol. The number of carbonyl (C=O) groups excluding carboxylic acids is 1. The number of carbonyl (C=O) groups is 1. The molecule has 7 nitrogen and oxygen atoms in total. The summed E-state index contributed by atoms with van der Waals surface area (Å²) in [5.74, 6) is 0.346. The molecule has 0 bridgehead atoms. The number of rotatable bonds is 4. The van der Waals surface area contributed by atoms with Crippen LogP contribution in [0.3, 0.4) is 0 Å². The van der Waals surface area contributed by atoms with Crippen LogP contribution in [0.1, 0.15) is 25.7 Å². The lowest BCUT2D eigenvalue weighted by atomic mass is 9.87. The average molecular weight is 332 g/mol. The molecule has 0 aliphatic heterocycles. The van der Waals surface area contributed by atoms with Crippen LogP contribution in [0.25, 0.3) is 11.1 Å². The second-order valence-electron chi connectivity index (χ2n) is 6.59. The van der Waals surface area contributed by atoms with Crippen LogP contribution in [-0.4, -0.2) is 42.9 Å². The topological polar surface area (TPSA) is 90.6 Å². The number of nitrogens with one attached hydrogen (secondary N) is 2. The van der Waals surface area contributed by atoms with E-state index in [1.165, 1.54) is 0 Å². The quantitative estimate of drug-likeness (QED) is 0.800. The third-order valence-corrected chi connectivity index (χ3v) is 4.32. The van der Waals surface area contributed by atoms with Crippen molar-refractivity contribution in [3.8, 4) is 0 Å². The van der Waals surface area contributed by atoms with Gasteiger partial charge in [0.2, 0.25) is 0 Å². The molecule has 0 radical (unpaired) electrons. The first-order valence-corrected chi connectivity index (χ1v) is 8.32. The molecule has 1 fully saturated rings. The van der Waals surface area contributed by atoms with E-state index in [1.807, 2.05) is 20.2 Å². The average Bonchev–Trinajstić information content (AvgIpc) is 2.97. The van der Waals surface area contributed by atoms with Crippen LogP contribution in [0.2, 0.25) is 0 Å². The molecule has 3 rings (SSSR count). The van der Waals surface area contributed by atoms with Crippen molar-refractivity contribution in [2.75, 3.05) is 30.9 Å². The largest absolute Gasteiger partial charge is 0.423 e. The molecule has 24 heavy (non-hydrogen) atoms. The molecule has 1 aromatic carbocycles. The van der Waals surface area contributed by atoms with E-state index in [1.54, 1.807) is 17.0 Å². The van der Waals surface area contributed by atoms with Crippen molar-refractivity contribution < 1.29 is 14.3 Å². The van der Waals surface area contributed by atoms with Crippen molar-refractivity contribution in [1.82, 2.24) is 10.3 Å². The first kappa shape index (κ1) is 16.6. The highest BCUT2D eigenvalue weighted by Gasteiger charge is 2.20. The minimum Gasteiger partial charge on any atom is -0.423 e. The van der Waals surface area contributed by atoms with E-state index < -0.39 is 0 Å². The zero-order valence-corrected chi connectivity index (χ0v) is 14.1. The van der Waals surface area contributed by atoms with Crippen LogP contribution in [0.5, 0.6) is 0 Å². The number of anilines is 2. The molecule has 2 atom stereocenters. The van der Waals surface area contributed by atoms with E-state index in [2.05, 4.69) is 15.6 Å². The number of nitrogens with zero attached hydrogens (tertiary/aromatic N) is 2. The Kier molecular flexibility index (Phi) is 4.89. The van der Waals surface area contributed by atoms with Crippen molar-refractivity contribution >= 4 is 28.8 Å². The summed E-state index contributed by atoms with van der Waals surface area (Å²) < 4.78 is 5.63. The fourth-order valence-corrected chi connectivity index (χ4v) is 3.04. The fraction of sp³-hybridized carbons (Fsp3) is 0.529. The number of urea groups is 1. The number of fused-ring (bicyclic) bond motifs is 1. The normalized spacial score (nSPS) is 20.8. The Hall–Kier alpha value is -2.28. The van der Waals surface area contributed by atoms with Crippen LogP contribution in [0.15, 0.2) is 22.6 Å². The van der Waals surface area contributed by atoms with Gasteiger partial charge in [-0.05, 0) is 37.3 Å². The number of aliphatic hydroxyl groups excluding tert-OH is 1. The molecular weight excluding hydrogens is 308 g/mol. The zero-order valence-electron chi connectivity index (χ0n) is 14.1. The lowest BCUT2D eigenvalue weighted by molar-refractivity contribution is 0.101. The van der Waals surface area contributed by atoms with Gasteiger partial charge < -0.3 is 25.1 Å². The number of hydrogen-bond donors (Lipinski definition) is 3. The lowest BCUT2D eigenvalue weighted by Gasteiger charge is -2.25. The molecule has 3 N–H and O–H groups in total. The molecule has 2 unspecified atom stereocenters. The van der Waals surface area contributed by atoms with Crippen LogP contribution < -0.4 is 15.5 Å². The van der Waals surface area contributed by atoms with E-state index in [0.717, 1.165) is 31.2 Å². The lowest BCUT2D eigenvalue weighted by Crippen LogP contribution is -2.35. The fourth-order valence-electron chi connectivity index (χ4n) is 3.04. The van der Waals surface area contributed by atoms with Gasteiger partial charge in [-0.1, -0.05) is 6.42 Å². The predicted molar refractivity (Wildman–Crippen MR) is 93.3 cm³/mol. The highest BCUT2D eigenvalue weighted by atomic mass is 16.4. The number of amides is 2. The summed E-state index contributed by atoms with van der Waals surface area (Å²) in [6.45, 7) is 0.582. The highest BCUT2D eigenvalue weighted by molar-refractivity contribution is 5.91. The second kappa shape index (κ2) is 7.09. The van der Waals surface area contributed by atoms with Gasteiger partial charge in [-0.25, -0.2) is 4.79 Å². The molecule has 7 heteroatoms. The van der Waals surface area contributed by atoms with Gasteiger partial charge >= 0.3 is 6.03 Å². The third kappa shape index (κ3) is 3.97. The number of oxazole rings is 1. The van der Waals surface area contributed by atoms with Gasteiger partial charge in [0.1, 0.15) is 5.52 Å². The van der Waals surface area contributed by atoms with Crippen LogP contribution in [0.4, 0.5) is 16.5 Å². The first-order valence-electron chi connectivity index (χ1n) is 8.32. The van der Waals surface area contributed by atoms with Crippen molar-refractivity contribution in [3.63, 3.8) is 0 Å². The highest BCUT2D eigenvalue weighted by Crippen LogP contribution is 2.24. The molecule has 1 saturated carbocycles. The number of aliphatic hydroxyl groups is 1. The van der Waals surface area contributed by atoms with Gasteiger partial charge in [0, 0.05) is 32.4 Å². The van der Waals surface area contributed by atoms with Crippen LogP contribution in [0, 0.1) is 5.92 Å². The van der Waals surface area contributed by atoms with Crippen molar-refractivity contribution in [2.24, 2.45) is 5.92 Å². The Labute approximate surface area is 141 Å². The maximum Gasteiger partial charge on any atom is 0.319 e. The van der Waals surface area contributed by atoms with Crippen molar-refractivity contribution in [1.29, 1.82) is 0 Å². The Morgan fingerprint density at radius 2 is 2.25 bits per heavy atom. The van der Waals surface area contributed by atoms with Gasteiger partial charge in [0.25, 0.3) is 6.01 Å². The van der Waals surface area contributed by atoms with E-state index >= 15 is 0 Å². The Bertz CT molecular complexity index is 713. The minimum atomic E-state index is -0.248. The predicted octanol–water partition coefficient (Wildman–Crippen LogP) is 2.57. The molecule has 1 aliphatic rings. The summed E-state index contributed by atoms with van der Waals surface area (Å²) in [5, 5.41) is 15.4. The Morgan fingerprint density at radius 3 is 3.00 bits per heavy atom. The van der Waals surface area contributed by atoms with Gasteiger partial charge in [-0.2, -0.15) is 4.98 Å². The first-order chi connectivity index (χ1) is 11.5. The van der Waals surface area contributed by atoms with E-state index in [-0.39, 0.29) is 12.1 Å². The summed E-state index contributed by atoms with van der Waals surface area (Å²) in [4.78, 5) is 18.2. The summed E-state index contributed by atoms with van der Waals surface area (Å²) in [5.41, 5.74) is 2.04. The minimum absolute atomic E-state index is 0.228. The SMILES string of the molecule is CN(C)c1nc2ccc(NC(=O)NCC3CCCC(O)C3)cc2o1. The van der Waals surface area contributed by atoms with Gasteiger partial charge in [0.15, 0.2) is 5.58 Å².